The van der Waals surface area contributed by atoms with Crippen LogP contribution in [0.3, 0.4) is 0 Å². The maximum Gasteiger partial charge on any atom is 0.330 e. The van der Waals surface area contributed by atoms with Gasteiger partial charge in [0.15, 0.2) is 0 Å². The van der Waals surface area contributed by atoms with Crippen molar-refractivity contribution in [2.45, 2.75) is 59.0 Å². The van der Waals surface area contributed by atoms with E-state index in [0.29, 0.717) is 0 Å². The quantitative estimate of drug-likeness (QED) is 0.515. The zero-order valence-corrected chi connectivity index (χ0v) is 10.1. The minimum Gasteiger partial charge on any atom is -0.459 e. The smallest absolute Gasteiger partial charge is 0.330 e. The van der Waals surface area contributed by atoms with Crippen LogP contribution in [0.2, 0.25) is 0 Å². The molecule has 0 aromatic carbocycles. The first-order valence-corrected chi connectivity index (χ1v) is 5.87. The van der Waals surface area contributed by atoms with Crippen molar-refractivity contribution in [3.05, 3.63) is 12.2 Å². The zero-order valence-electron chi connectivity index (χ0n) is 10.1. The molecule has 0 aromatic heterocycles. The monoisotopic (exact) mass is 210 g/mol. The number of carbonyl (C=O) groups excluding carboxylic acids is 1. The van der Waals surface area contributed by atoms with Gasteiger partial charge in [0.25, 0.3) is 0 Å². The van der Waals surface area contributed by atoms with Crippen LogP contribution in [-0.4, -0.2) is 12.1 Å². The minimum atomic E-state index is -0.183. The van der Waals surface area contributed by atoms with Gasteiger partial charge in [-0.05, 0) is 31.1 Å². The van der Waals surface area contributed by atoms with Gasteiger partial charge < -0.3 is 4.74 Å². The van der Waals surface area contributed by atoms with Crippen molar-refractivity contribution < 1.29 is 9.53 Å². The van der Waals surface area contributed by atoms with Crippen LogP contribution in [0.15, 0.2) is 12.2 Å². The van der Waals surface area contributed by atoms with Gasteiger partial charge in [-0.15, -0.1) is 0 Å². The number of hydrogen-bond acceptors (Lipinski definition) is 2. The molecule has 1 aliphatic carbocycles. The third-order valence-corrected chi connectivity index (χ3v) is 2.55. The Balaban J connectivity index is 2.32. The van der Waals surface area contributed by atoms with Crippen molar-refractivity contribution in [1.82, 2.24) is 0 Å². The van der Waals surface area contributed by atoms with Gasteiger partial charge in [-0.25, -0.2) is 4.79 Å². The predicted molar refractivity (Wildman–Crippen MR) is 61.6 cm³/mol. The molecular formula is C13H22O2. The van der Waals surface area contributed by atoms with Crippen LogP contribution in [0.25, 0.3) is 0 Å². The first-order chi connectivity index (χ1) is 6.97. The van der Waals surface area contributed by atoms with Gasteiger partial charge in [0, 0.05) is 6.08 Å². The van der Waals surface area contributed by atoms with Crippen LogP contribution in [0.1, 0.15) is 52.9 Å². The molecule has 1 aliphatic rings. The summed E-state index contributed by atoms with van der Waals surface area (Å²) in [5, 5.41) is 0. The molecule has 0 unspecified atom stereocenters. The Morgan fingerprint density at radius 1 is 1.20 bits per heavy atom. The number of esters is 1. The molecule has 1 saturated carbocycles. The predicted octanol–water partition coefficient (Wildman–Crippen LogP) is 3.46. The van der Waals surface area contributed by atoms with E-state index >= 15 is 0 Å². The minimum absolute atomic E-state index is 0.0472. The lowest BCUT2D eigenvalue weighted by Gasteiger charge is -2.21. The fourth-order valence-corrected chi connectivity index (χ4v) is 1.70. The molecule has 0 aliphatic heterocycles. The summed E-state index contributed by atoms with van der Waals surface area (Å²) < 4.78 is 5.36. The molecule has 0 spiro atoms. The molecule has 0 radical (unpaired) electrons. The second kappa shape index (κ2) is 5.34. The Morgan fingerprint density at radius 3 is 2.33 bits per heavy atom. The average molecular weight is 210 g/mol. The highest BCUT2D eigenvalue weighted by Gasteiger charge is 2.16. The van der Waals surface area contributed by atoms with Crippen LogP contribution < -0.4 is 0 Å². The van der Waals surface area contributed by atoms with Crippen molar-refractivity contribution in [3.63, 3.8) is 0 Å². The van der Waals surface area contributed by atoms with Gasteiger partial charge in [-0.2, -0.15) is 0 Å². The fourth-order valence-electron chi connectivity index (χ4n) is 1.70. The Bertz CT molecular complexity index is 229. The molecule has 15 heavy (non-hydrogen) atoms. The molecule has 0 bridgehead atoms. The highest BCUT2D eigenvalue weighted by molar-refractivity contribution is 5.82. The summed E-state index contributed by atoms with van der Waals surface area (Å²) >= 11 is 0. The Morgan fingerprint density at radius 2 is 1.80 bits per heavy atom. The SMILES string of the molecule is CC(C)(C)/C=C/C(=O)OC1CCCCC1. The zero-order chi connectivity index (χ0) is 11.3. The number of carbonyl (C=O) groups is 1. The van der Waals surface area contributed by atoms with E-state index in [1.165, 1.54) is 19.3 Å². The number of hydrogen-bond donors (Lipinski definition) is 0. The number of ether oxygens (including phenoxy) is 1. The van der Waals surface area contributed by atoms with Crippen LogP contribution in [0.5, 0.6) is 0 Å². The van der Waals surface area contributed by atoms with E-state index in [9.17, 15) is 4.79 Å². The number of allylic oxidation sites excluding steroid dienone is 1. The summed E-state index contributed by atoms with van der Waals surface area (Å²) in [5.74, 6) is -0.183. The molecule has 0 aromatic rings. The van der Waals surface area contributed by atoms with Crippen LogP contribution >= 0.6 is 0 Å². The molecule has 0 atom stereocenters. The van der Waals surface area contributed by atoms with Crippen molar-refractivity contribution in [2.24, 2.45) is 5.41 Å². The Hall–Kier alpha value is -0.790. The highest BCUT2D eigenvalue weighted by Crippen LogP contribution is 2.21. The van der Waals surface area contributed by atoms with Gasteiger partial charge in [0.05, 0.1) is 0 Å². The summed E-state index contributed by atoms with van der Waals surface area (Å²) in [5.41, 5.74) is 0.0472. The normalized spacial score (nSPS) is 19.4. The van der Waals surface area contributed by atoms with E-state index in [4.69, 9.17) is 4.74 Å². The van der Waals surface area contributed by atoms with Gasteiger partial charge in [-0.1, -0.05) is 33.3 Å². The summed E-state index contributed by atoms with van der Waals surface area (Å²) in [6, 6.07) is 0. The van der Waals surface area contributed by atoms with Crippen molar-refractivity contribution >= 4 is 5.97 Å². The van der Waals surface area contributed by atoms with Gasteiger partial charge >= 0.3 is 5.97 Å². The van der Waals surface area contributed by atoms with Crippen LogP contribution in [0.4, 0.5) is 0 Å². The lowest BCUT2D eigenvalue weighted by molar-refractivity contribution is -0.144. The molecule has 0 saturated heterocycles. The standard InChI is InChI=1S/C13H22O2/c1-13(2,3)10-9-12(14)15-11-7-5-4-6-8-11/h9-11H,4-8H2,1-3H3/b10-9+. The third-order valence-electron chi connectivity index (χ3n) is 2.55. The molecule has 0 heterocycles. The Kier molecular flexibility index (Phi) is 4.37. The summed E-state index contributed by atoms with van der Waals surface area (Å²) in [6.45, 7) is 6.20. The maximum atomic E-state index is 11.4. The van der Waals surface area contributed by atoms with Gasteiger partial charge in [0.2, 0.25) is 0 Å². The highest BCUT2D eigenvalue weighted by atomic mass is 16.5. The largest absolute Gasteiger partial charge is 0.459 e. The summed E-state index contributed by atoms with van der Waals surface area (Å²) in [7, 11) is 0. The second-order valence-corrected chi connectivity index (χ2v) is 5.40. The molecule has 0 amide bonds. The first-order valence-electron chi connectivity index (χ1n) is 5.87. The van der Waals surface area contributed by atoms with Crippen LogP contribution in [-0.2, 0) is 9.53 Å². The molecule has 2 heteroatoms. The first kappa shape index (κ1) is 12.3. The number of rotatable bonds is 2. The molecular weight excluding hydrogens is 188 g/mol. The van der Waals surface area contributed by atoms with Gasteiger partial charge in [-0.3, -0.25) is 0 Å². The lowest BCUT2D eigenvalue weighted by atomic mass is 9.96. The third kappa shape index (κ3) is 5.60. The summed E-state index contributed by atoms with van der Waals surface area (Å²) in [4.78, 5) is 11.4. The molecule has 0 N–H and O–H groups in total. The van der Waals surface area contributed by atoms with E-state index in [1.54, 1.807) is 6.08 Å². The van der Waals surface area contributed by atoms with E-state index in [1.807, 2.05) is 6.08 Å². The molecule has 2 nitrogen and oxygen atoms in total. The van der Waals surface area contributed by atoms with Crippen molar-refractivity contribution in [1.29, 1.82) is 0 Å². The second-order valence-electron chi connectivity index (χ2n) is 5.40. The molecule has 86 valence electrons. The fraction of sp³-hybridized carbons (Fsp3) is 0.769. The van der Waals surface area contributed by atoms with E-state index in [0.717, 1.165) is 12.8 Å². The topological polar surface area (TPSA) is 26.3 Å². The van der Waals surface area contributed by atoms with Crippen molar-refractivity contribution in [3.8, 4) is 0 Å². The average Bonchev–Trinajstić information content (AvgIpc) is 2.15. The van der Waals surface area contributed by atoms with Gasteiger partial charge in [0.1, 0.15) is 6.10 Å². The molecule has 1 fully saturated rings. The maximum absolute atomic E-state index is 11.4. The lowest BCUT2D eigenvalue weighted by Crippen LogP contribution is -2.19. The van der Waals surface area contributed by atoms with E-state index < -0.39 is 0 Å². The van der Waals surface area contributed by atoms with Crippen molar-refractivity contribution in [2.75, 3.05) is 0 Å². The Labute approximate surface area is 92.7 Å². The van der Waals surface area contributed by atoms with Crippen LogP contribution in [0, 0.1) is 5.41 Å². The summed E-state index contributed by atoms with van der Waals surface area (Å²) in [6.07, 6.45) is 9.38. The van der Waals surface area contributed by atoms with E-state index in [-0.39, 0.29) is 17.5 Å². The van der Waals surface area contributed by atoms with E-state index in [2.05, 4.69) is 20.8 Å². The molecule has 1 rings (SSSR count).